The van der Waals surface area contributed by atoms with Gasteiger partial charge in [-0.1, -0.05) is 130 Å². The van der Waals surface area contributed by atoms with Crippen LogP contribution in [0.25, 0.3) is 0 Å². The van der Waals surface area contributed by atoms with E-state index in [1.54, 1.807) is 38.5 Å². The molecule has 0 amide bonds. The van der Waals surface area contributed by atoms with E-state index in [-0.39, 0.29) is 48.8 Å². The molecule has 19 fully saturated rings. The van der Waals surface area contributed by atoms with Crippen molar-refractivity contribution in [2.24, 2.45) is 189 Å². The third kappa shape index (κ3) is 20.9. The van der Waals surface area contributed by atoms with Crippen molar-refractivity contribution in [2.45, 2.75) is 481 Å². The summed E-state index contributed by atoms with van der Waals surface area (Å²) in [4.78, 5) is 0. The van der Waals surface area contributed by atoms with Gasteiger partial charge in [-0.05, 0) is 491 Å². The van der Waals surface area contributed by atoms with Gasteiger partial charge in [0.2, 0.25) is 0 Å². The minimum Gasteiger partial charge on any atom is -0.393 e. The molecule has 660 valence electrons. The van der Waals surface area contributed by atoms with Crippen LogP contribution in [-0.2, 0) is 0 Å². The minimum absolute atomic E-state index is 0.0300. The van der Waals surface area contributed by atoms with Crippen LogP contribution in [-0.4, -0.2) is 89.7 Å². The first-order chi connectivity index (χ1) is 56.0. The molecule has 0 aromatic heterocycles. The van der Waals surface area contributed by atoms with Crippen LogP contribution in [0.5, 0.6) is 0 Å². The fourth-order valence-electron chi connectivity index (χ4n) is 36.3. The highest BCUT2D eigenvalue weighted by molar-refractivity contribution is 5.08. The molecular weight excluding hydrogens is 1410 g/mol. The summed E-state index contributed by atoms with van der Waals surface area (Å²) in [5.74, 6) is 28.6. The van der Waals surface area contributed by atoms with Crippen LogP contribution in [0.15, 0.2) is 0 Å². The van der Waals surface area contributed by atoms with E-state index in [0.29, 0.717) is 17.3 Å². The first-order valence-electron chi connectivity index (χ1n) is 53.4. The second-order valence-corrected chi connectivity index (χ2v) is 47.7. The van der Waals surface area contributed by atoms with E-state index in [1.807, 2.05) is 0 Å². The summed E-state index contributed by atoms with van der Waals surface area (Å²) in [5.41, 5.74) is 0.408. The Kier molecular flexibility index (Phi) is 31.7. The molecule has 0 radical (unpaired) electrons. The number of aliphatic hydroxyl groups excluding tert-OH is 8. The second kappa shape index (κ2) is 41.4. The van der Waals surface area contributed by atoms with Crippen molar-refractivity contribution in [3.05, 3.63) is 0 Å². The molecule has 19 saturated carbocycles. The van der Waals surface area contributed by atoms with Crippen LogP contribution < -0.4 is 0 Å². The molecule has 0 saturated heterocycles. The predicted octanol–water partition coefficient (Wildman–Crippen LogP) is 25.2. The lowest BCUT2D eigenvalue weighted by Gasteiger charge is -2.61. The molecule has 0 aromatic carbocycles. The van der Waals surface area contributed by atoms with Gasteiger partial charge >= 0.3 is 0 Å². The largest absolute Gasteiger partial charge is 0.393 e. The molecule has 8 N–H and O–H groups in total. The highest BCUT2D eigenvalue weighted by Crippen LogP contribution is 2.66. The summed E-state index contributed by atoms with van der Waals surface area (Å²) in [6.07, 6.45) is 85.5. The van der Waals surface area contributed by atoms with Crippen LogP contribution in [0.1, 0.15) is 432 Å². The van der Waals surface area contributed by atoms with Crippen molar-refractivity contribution < 1.29 is 40.9 Å². The number of rotatable bonds is 13. The Balaban J connectivity index is 0.000000115. The van der Waals surface area contributed by atoms with Crippen molar-refractivity contribution in [1.82, 2.24) is 0 Å². The zero-order valence-electron chi connectivity index (χ0n) is 74.8. The Hall–Kier alpha value is -0.320. The maximum atomic E-state index is 10.4. The molecule has 8 heteroatoms. The topological polar surface area (TPSA) is 162 Å². The molecule has 115 heavy (non-hydrogen) atoms. The van der Waals surface area contributed by atoms with Gasteiger partial charge in [-0.25, -0.2) is 0 Å². The fourth-order valence-corrected chi connectivity index (χ4v) is 36.3. The molecule has 0 heterocycles. The van der Waals surface area contributed by atoms with Crippen molar-refractivity contribution in [3.8, 4) is 0 Å². The minimum atomic E-state index is -0.0818. The van der Waals surface area contributed by atoms with E-state index in [4.69, 9.17) is 0 Å². The lowest BCUT2D eigenvalue weighted by atomic mass is 9.44. The summed E-state index contributed by atoms with van der Waals surface area (Å²) in [5, 5.41) is 81.6. The normalized spacial score (nSPS) is 49.2. The Morgan fingerprint density at radius 2 is 0.504 bits per heavy atom. The van der Waals surface area contributed by atoms with Gasteiger partial charge in [-0.2, -0.15) is 0 Å². The van der Waals surface area contributed by atoms with E-state index in [9.17, 15) is 40.9 Å². The smallest absolute Gasteiger partial charge is 0.0566 e. The maximum absolute atomic E-state index is 10.4. The lowest BCUT2D eigenvalue weighted by Crippen LogP contribution is -2.54. The van der Waals surface area contributed by atoms with Gasteiger partial charge in [-0.15, -0.1) is 0 Å². The SMILES string of the molecule is CC1CC(C(C)(C2CCC(O)C(C)C2)C2CCC3CCCCC3C2)CCC1O.OC1CCC(C(C2CCC(O)CC2)C2CC3CCCCC3C3CCCCC32)CC1.OC1CCC(C(C2CCC(O)CC2)C2CCC(C3CCCCC3)CC2)CC1.OC1CCC(C(C2CCC(O)CC2)C2CCC3CCC4CCCC5CCC2C3C45)CC1. The molecule has 8 nitrogen and oxygen atoms in total. The third-order valence-electron chi connectivity index (χ3n) is 42.2. The fraction of sp³-hybridized carbons (Fsp3) is 1.00. The molecule has 21 atom stereocenters. The van der Waals surface area contributed by atoms with Crippen LogP contribution in [0.2, 0.25) is 0 Å². The predicted molar refractivity (Wildman–Crippen MR) is 471 cm³/mol. The quantitative estimate of drug-likeness (QED) is 0.0904. The molecule has 0 spiro atoms. The van der Waals surface area contributed by atoms with Crippen LogP contribution in [0.4, 0.5) is 0 Å². The average Bonchev–Trinajstić information content (AvgIpc) is 0.744. The van der Waals surface area contributed by atoms with Gasteiger partial charge in [0.25, 0.3) is 0 Å². The standard InChI is InChI=1S/C29H48O2.C27H46O2.C26H46O2.C25H44O2/c30-23-12-6-20(7-13-23)27(21-8-14-24(31)15-9-21)25-16-11-22-5-4-18-2-1-3-19-10-17-26(25)29(22)28(18)19;28-21-13-9-18(10-14-21)27(19-11-15-22(29)16-12-19)26-17-20-5-1-2-6-23(20)24-7-3-4-8-25(24)26;1-17-14-21(10-12-24(17)27)26(3,22-11-13-25(28)18(2)15-22)23-9-8-19-6-4-5-7-20(19)16-23;26-23-14-10-21(11-15-23)25(22-12-16-24(27)17-13-22)20-8-6-19(7-9-20)18-4-2-1-3-5-18/h18-31H,1-17H2;18-29H,1-17H2;17-25,27-28H,4-16H2,1-3H3;18-27H,1-17H2. The molecule has 0 aliphatic heterocycles. The summed E-state index contributed by atoms with van der Waals surface area (Å²) in [7, 11) is 0. The average molecular weight is 1600 g/mol. The molecule has 0 bridgehead atoms. The van der Waals surface area contributed by atoms with Gasteiger partial charge in [0, 0.05) is 0 Å². The number of hydrogen-bond acceptors (Lipinski definition) is 8. The van der Waals surface area contributed by atoms with Crippen LogP contribution >= 0.6 is 0 Å². The van der Waals surface area contributed by atoms with E-state index in [2.05, 4.69) is 20.8 Å². The summed E-state index contributed by atoms with van der Waals surface area (Å²) in [6.45, 7) is 7.23. The number of aliphatic hydroxyl groups is 8. The Morgan fingerprint density at radius 1 is 0.200 bits per heavy atom. The third-order valence-corrected chi connectivity index (χ3v) is 42.2. The van der Waals surface area contributed by atoms with Gasteiger partial charge in [-0.3, -0.25) is 0 Å². The van der Waals surface area contributed by atoms with Gasteiger partial charge in [0.05, 0.1) is 48.8 Å². The Labute approximate surface area is 706 Å². The monoisotopic (exact) mass is 1600 g/mol. The molecule has 21 unspecified atom stereocenters. The summed E-state index contributed by atoms with van der Waals surface area (Å²) in [6, 6.07) is 0. The van der Waals surface area contributed by atoms with E-state index in [0.717, 1.165) is 262 Å². The maximum Gasteiger partial charge on any atom is 0.0566 e. The number of hydrogen-bond donors (Lipinski definition) is 8. The van der Waals surface area contributed by atoms with Gasteiger partial charge < -0.3 is 40.9 Å². The van der Waals surface area contributed by atoms with Crippen molar-refractivity contribution >= 4 is 0 Å². The first-order valence-corrected chi connectivity index (χ1v) is 53.4. The van der Waals surface area contributed by atoms with Crippen molar-refractivity contribution in [2.75, 3.05) is 0 Å². The van der Waals surface area contributed by atoms with E-state index in [1.165, 1.54) is 283 Å². The van der Waals surface area contributed by atoms with Crippen molar-refractivity contribution in [1.29, 1.82) is 0 Å². The second-order valence-electron chi connectivity index (χ2n) is 47.7. The Bertz CT molecular complexity index is 2700. The molecule has 19 aliphatic rings. The zero-order valence-corrected chi connectivity index (χ0v) is 74.8. The van der Waals surface area contributed by atoms with Crippen LogP contribution in [0.3, 0.4) is 0 Å². The zero-order chi connectivity index (χ0) is 79.3. The Morgan fingerprint density at radius 3 is 0.965 bits per heavy atom. The molecule has 19 rings (SSSR count). The van der Waals surface area contributed by atoms with Gasteiger partial charge in [0.1, 0.15) is 0 Å². The molecule has 0 aromatic rings. The summed E-state index contributed by atoms with van der Waals surface area (Å²) >= 11 is 0. The van der Waals surface area contributed by atoms with E-state index < -0.39 is 0 Å². The molecule has 19 aliphatic carbocycles. The first kappa shape index (κ1) is 88.1. The summed E-state index contributed by atoms with van der Waals surface area (Å²) < 4.78 is 0. The highest BCUT2D eigenvalue weighted by atomic mass is 16.3. The van der Waals surface area contributed by atoms with Crippen molar-refractivity contribution in [3.63, 3.8) is 0 Å². The highest BCUT2D eigenvalue weighted by Gasteiger charge is 2.58. The molecular formula is C107H184O8. The van der Waals surface area contributed by atoms with Crippen LogP contribution in [0, 0.1) is 189 Å². The van der Waals surface area contributed by atoms with Gasteiger partial charge in [0.15, 0.2) is 0 Å². The van der Waals surface area contributed by atoms with E-state index >= 15 is 0 Å². The number of fused-ring (bicyclic) bond motifs is 4. The lowest BCUT2D eigenvalue weighted by molar-refractivity contribution is -0.122.